The molecule has 7 heteroatoms. The number of carbonyl (C=O) groups is 1. The van der Waals surface area contributed by atoms with E-state index < -0.39 is 0 Å². The van der Waals surface area contributed by atoms with Gasteiger partial charge < -0.3 is 25.0 Å². The molecular formula is C16H24FN3O3. The lowest BCUT2D eigenvalue weighted by atomic mass is 10.2. The average molecular weight is 325 g/mol. The third-order valence-corrected chi connectivity index (χ3v) is 3.90. The van der Waals surface area contributed by atoms with Crippen molar-refractivity contribution >= 4 is 17.5 Å². The van der Waals surface area contributed by atoms with E-state index in [1.807, 2.05) is 11.8 Å². The predicted molar refractivity (Wildman–Crippen MR) is 87.4 cm³/mol. The first-order valence-electron chi connectivity index (χ1n) is 7.86. The summed E-state index contributed by atoms with van der Waals surface area (Å²) in [7, 11) is 1.50. The van der Waals surface area contributed by atoms with Crippen molar-refractivity contribution in [3.63, 3.8) is 0 Å². The van der Waals surface area contributed by atoms with Crippen LogP contribution >= 0.6 is 0 Å². The molecule has 1 fully saturated rings. The number of ether oxygens (including phenoxy) is 2. The minimum absolute atomic E-state index is 0.270. The smallest absolute Gasteiger partial charge is 0.409 e. The molecule has 0 aliphatic carbocycles. The second-order valence-electron chi connectivity index (χ2n) is 5.49. The van der Waals surface area contributed by atoms with Gasteiger partial charge in [-0.05, 0) is 6.42 Å². The highest BCUT2D eigenvalue weighted by Crippen LogP contribution is 2.31. The van der Waals surface area contributed by atoms with Crippen molar-refractivity contribution in [3.05, 3.63) is 17.9 Å². The molecule has 1 aliphatic rings. The van der Waals surface area contributed by atoms with Crippen LogP contribution in [0.2, 0.25) is 0 Å². The summed E-state index contributed by atoms with van der Waals surface area (Å²) in [5.41, 5.74) is 6.41. The first-order valence-corrected chi connectivity index (χ1v) is 7.86. The van der Waals surface area contributed by atoms with E-state index in [9.17, 15) is 9.18 Å². The van der Waals surface area contributed by atoms with E-state index in [1.165, 1.54) is 13.2 Å². The number of rotatable bonds is 5. The Labute approximate surface area is 135 Å². The molecule has 2 rings (SSSR count). The number of hydrogen-bond acceptors (Lipinski definition) is 5. The molecule has 2 N–H and O–H groups in total. The number of methoxy groups -OCH3 is 1. The van der Waals surface area contributed by atoms with Gasteiger partial charge in [0, 0.05) is 38.3 Å². The van der Waals surface area contributed by atoms with E-state index in [0.29, 0.717) is 44.2 Å². The van der Waals surface area contributed by atoms with E-state index >= 15 is 0 Å². The quantitative estimate of drug-likeness (QED) is 0.665. The predicted octanol–water partition coefficient (Wildman–Crippen LogP) is 2.48. The molecule has 6 nitrogen and oxygen atoms in total. The zero-order valence-corrected chi connectivity index (χ0v) is 13.7. The van der Waals surface area contributed by atoms with Gasteiger partial charge in [0.05, 0.1) is 25.1 Å². The molecule has 0 radical (unpaired) electrons. The Kier molecular flexibility index (Phi) is 5.90. The van der Waals surface area contributed by atoms with Gasteiger partial charge in [-0.2, -0.15) is 0 Å². The summed E-state index contributed by atoms with van der Waals surface area (Å²) in [6.45, 7) is 4.55. The van der Waals surface area contributed by atoms with Gasteiger partial charge in [0.1, 0.15) is 11.6 Å². The van der Waals surface area contributed by atoms with Gasteiger partial charge in [0.15, 0.2) is 0 Å². The standard InChI is InChI=1S/C16H24FN3O3/c1-3-4-9-23-16(21)20-7-5-19(6-8-20)14-11-15(22-2)13(18)10-12(14)17/h10-11H,3-9,18H2,1-2H3. The normalized spacial score (nSPS) is 14.7. The molecule has 0 atom stereocenters. The van der Waals surface area contributed by atoms with Crippen molar-refractivity contribution < 1.29 is 18.7 Å². The number of halogens is 1. The zero-order chi connectivity index (χ0) is 16.8. The summed E-state index contributed by atoms with van der Waals surface area (Å²) in [5, 5.41) is 0. The van der Waals surface area contributed by atoms with Crippen molar-refractivity contribution in [3.8, 4) is 5.75 Å². The Hall–Kier alpha value is -2.18. The lowest BCUT2D eigenvalue weighted by molar-refractivity contribution is 0.0989. The maximum absolute atomic E-state index is 14.1. The van der Waals surface area contributed by atoms with Gasteiger partial charge in [0.2, 0.25) is 0 Å². The number of amides is 1. The number of carbonyl (C=O) groups excluding carboxylic acids is 1. The minimum atomic E-state index is -0.387. The Morgan fingerprint density at radius 1 is 1.30 bits per heavy atom. The summed E-state index contributed by atoms with van der Waals surface area (Å²) in [6.07, 6.45) is 1.55. The number of nitrogens with zero attached hydrogens (tertiary/aromatic N) is 2. The summed E-state index contributed by atoms with van der Waals surface area (Å²) in [6, 6.07) is 2.86. The van der Waals surface area contributed by atoms with Crippen LogP contribution in [0.4, 0.5) is 20.6 Å². The first-order chi connectivity index (χ1) is 11.1. The summed E-state index contributed by atoms with van der Waals surface area (Å²) in [5.74, 6) is 0.0603. The van der Waals surface area contributed by atoms with Gasteiger partial charge in [0.25, 0.3) is 0 Å². The second-order valence-corrected chi connectivity index (χ2v) is 5.49. The fraction of sp³-hybridized carbons (Fsp3) is 0.562. The van der Waals surface area contributed by atoms with Gasteiger partial charge >= 0.3 is 6.09 Å². The molecule has 0 aromatic heterocycles. The average Bonchev–Trinajstić information content (AvgIpc) is 2.55. The maximum atomic E-state index is 14.1. The van der Waals surface area contributed by atoms with Crippen molar-refractivity contribution in [1.29, 1.82) is 0 Å². The third-order valence-electron chi connectivity index (χ3n) is 3.90. The Bertz CT molecular complexity index is 546. The molecule has 0 spiro atoms. The van der Waals surface area contributed by atoms with Gasteiger partial charge in [-0.3, -0.25) is 0 Å². The second kappa shape index (κ2) is 7.89. The van der Waals surface area contributed by atoms with Crippen LogP contribution in [0.25, 0.3) is 0 Å². The summed E-state index contributed by atoms with van der Waals surface area (Å²) < 4.78 is 24.5. The van der Waals surface area contributed by atoms with Gasteiger partial charge in [-0.15, -0.1) is 0 Å². The van der Waals surface area contributed by atoms with Gasteiger partial charge in [-0.25, -0.2) is 9.18 Å². The molecule has 1 amide bonds. The minimum Gasteiger partial charge on any atom is -0.495 e. The topological polar surface area (TPSA) is 68.0 Å². The molecule has 0 saturated carbocycles. The van der Waals surface area contributed by atoms with E-state index in [-0.39, 0.29) is 17.6 Å². The molecule has 0 unspecified atom stereocenters. The lowest BCUT2D eigenvalue weighted by Crippen LogP contribution is -2.49. The number of unbranched alkanes of at least 4 members (excludes halogenated alkanes) is 1. The fourth-order valence-electron chi connectivity index (χ4n) is 2.50. The van der Waals surface area contributed by atoms with Crippen LogP contribution in [-0.4, -0.2) is 50.9 Å². The molecule has 0 bridgehead atoms. The first kappa shape index (κ1) is 17.2. The molecule has 1 aromatic rings. The maximum Gasteiger partial charge on any atom is 0.409 e. The van der Waals surface area contributed by atoms with Crippen LogP contribution in [0, 0.1) is 5.82 Å². The fourth-order valence-corrected chi connectivity index (χ4v) is 2.50. The van der Waals surface area contributed by atoms with Crippen LogP contribution < -0.4 is 15.4 Å². The highest BCUT2D eigenvalue weighted by Gasteiger charge is 2.24. The Balaban J connectivity index is 1.95. The number of nitrogens with two attached hydrogens (primary N) is 1. The summed E-state index contributed by atoms with van der Waals surface area (Å²) >= 11 is 0. The van der Waals surface area contributed by atoms with E-state index in [4.69, 9.17) is 15.2 Å². The van der Waals surface area contributed by atoms with Crippen LogP contribution in [0.5, 0.6) is 5.75 Å². The van der Waals surface area contributed by atoms with Crippen molar-refractivity contribution in [1.82, 2.24) is 4.90 Å². The monoisotopic (exact) mass is 325 g/mol. The van der Waals surface area contributed by atoms with E-state index in [2.05, 4.69) is 0 Å². The Morgan fingerprint density at radius 3 is 2.61 bits per heavy atom. The molecule has 128 valence electrons. The van der Waals surface area contributed by atoms with E-state index in [0.717, 1.165) is 12.8 Å². The van der Waals surface area contributed by atoms with Crippen molar-refractivity contribution in [2.24, 2.45) is 0 Å². The molecule has 1 aromatic carbocycles. The zero-order valence-electron chi connectivity index (χ0n) is 13.7. The number of benzene rings is 1. The van der Waals surface area contributed by atoms with Gasteiger partial charge in [-0.1, -0.05) is 13.3 Å². The van der Waals surface area contributed by atoms with Crippen LogP contribution in [0.15, 0.2) is 12.1 Å². The van der Waals surface area contributed by atoms with Crippen LogP contribution in [0.1, 0.15) is 19.8 Å². The molecule has 1 saturated heterocycles. The van der Waals surface area contributed by atoms with Crippen molar-refractivity contribution in [2.75, 3.05) is 50.5 Å². The SMILES string of the molecule is CCCCOC(=O)N1CCN(c2cc(OC)c(N)cc2F)CC1. The molecule has 1 aliphatic heterocycles. The number of anilines is 2. The number of hydrogen-bond donors (Lipinski definition) is 1. The highest BCUT2D eigenvalue weighted by molar-refractivity contribution is 5.68. The Morgan fingerprint density at radius 2 is 2.00 bits per heavy atom. The lowest BCUT2D eigenvalue weighted by Gasteiger charge is -2.35. The molecule has 1 heterocycles. The molecule has 23 heavy (non-hydrogen) atoms. The van der Waals surface area contributed by atoms with E-state index in [1.54, 1.807) is 11.0 Å². The number of piperazine rings is 1. The largest absolute Gasteiger partial charge is 0.495 e. The highest BCUT2D eigenvalue weighted by atomic mass is 19.1. The summed E-state index contributed by atoms with van der Waals surface area (Å²) in [4.78, 5) is 15.4. The third kappa shape index (κ3) is 4.18. The van der Waals surface area contributed by atoms with Crippen molar-refractivity contribution in [2.45, 2.75) is 19.8 Å². The number of nitrogen functional groups attached to an aromatic ring is 1. The van der Waals surface area contributed by atoms with Crippen LogP contribution in [0.3, 0.4) is 0 Å². The van der Waals surface area contributed by atoms with Crippen LogP contribution in [-0.2, 0) is 4.74 Å². The molecular weight excluding hydrogens is 301 g/mol.